The molecular formula is C21H27NO7S. The summed E-state index contributed by atoms with van der Waals surface area (Å²) in [6.45, 7) is 1.92. The summed E-state index contributed by atoms with van der Waals surface area (Å²) in [7, 11) is -2.24. The number of aliphatic carboxylic acids is 1. The van der Waals surface area contributed by atoms with Gasteiger partial charge in [0, 0.05) is 44.1 Å². The molecule has 0 radical (unpaired) electrons. The highest BCUT2D eigenvalue weighted by Crippen LogP contribution is 2.30. The van der Waals surface area contributed by atoms with E-state index in [-0.39, 0.29) is 13.0 Å². The number of unbranched alkanes of at least 4 members (excludes halogenated alkanes) is 2. The number of rotatable bonds is 9. The Labute approximate surface area is 177 Å². The van der Waals surface area contributed by atoms with Gasteiger partial charge in [-0.25, -0.2) is 13.2 Å². The Morgan fingerprint density at radius 1 is 1.33 bits per heavy atom. The molecule has 1 aromatic rings. The number of methoxy groups -OCH3 is 1. The first-order valence-electron chi connectivity index (χ1n) is 9.57. The number of carbonyl (C=O) groups is 2. The van der Waals surface area contributed by atoms with Crippen molar-refractivity contribution in [1.82, 2.24) is 0 Å². The van der Waals surface area contributed by atoms with Gasteiger partial charge in [-0.05, 0) is 44.0 Å². The van der Waals surface area contributed by atoms with E-state index in [1.54, 1.807) is 31.4 Å². The molecule has 1 aromatic carbocycles. The van der Waals surface area contributed by atoms with E-state index >= 15 is 0 Å². The van der Waals surface area contributed by atoms with Gasteiger partial charge < -0.3 is 14.6 Å². The highest BCUT2D eigenvalue weighted by Gasteiger charge is 2.48. The van der Waals surface area contributed by atoms with Gasteiger partial charge in [0.15, 0.2) is 14.6 Å². The zero-order chi connectivity index (χ0) is 22.4. The van der Waals surface area contributed by atoms with Gasteiger partial charge >= 0.3 is 12.1 Å². The number of hydrogen-bond acceptors (Lipinski definition) is 6. The molecule has 8 nitrogen and oxygen atoms in total. The van der Waals surface area contributed by atoms with Crippen LogP contribution < -0.4 is 4.90 Å². The molecule has 1 amide bonds. The van der Waals surface area contributed by atoms with Crippen LogP contribution >= 0.6 is 0 Å². The van der Waals surface area contributed by atoms with Gasteiger partial charge in [-0.3, -0.25) is 9.69 Å². The van der Waals surface area contributed by atoms with Crippen molar-refractivity contribution in [3.8, 4) is 11.8 Å². The first-order valence-corrected chi connectivity index (χ1v) is 11.5. The lowest BCUT2D eigenvalue weighted by molar-refractivity contribution is -0.140. The number of anilines is 1. The summed E-state index contributed by atoms with van der Waals surface area (Å²) >= 11 is 0. The molecule has 1 fully saturated rings. The summed E-state index contributed by atoms with van der Waals surface area (Å²) in [6.07, 6.45) is 1.75. The molecule has 1 aliphatic rings. The van der Waals surface area contributed by atoms with E-state index in [9.17, 15) is 23.1 Å². The van der Waals surface area contributed by atoms with Crippen molar-refractivity contribution in [2.24, 2.45) is 0 Å². The highest BCUT2D eigenvalue weighted by molar-refractivity contribution is 7.92. The van der Waals surface area contributed by atoms with E-state index < -0.39 is 32.8 Å². The van der Waals surface area contributed by atoms with Gasteiger partial charge in [-0.2, -0.15) is 0 Å². The molecular weight excluding hydrogens is 410 g/mol. The average molecular weight is 438 g/mol. The zero-order valence-corrected chi connectivity index (χ0v) is 18.2. The maximum atomic E-state index is 12.2. The van der Waals surface area contributed by atoms with Crippen LogP contribution in [0.5, 0.6) is 0 Å². The van der Waals surface area contributed by atoms with Crippen molar-refractivity contribution in [2.45, 2.75) is 43.5 Å². The Morgan fingerprint density at radius 2 is 2.00 bits per heavy atom. The van der Waals surface area contributed by atoms with Gasteiger partial charge in [0.2, 0.25) is 0 Å². The molecule has 9 heteroatoms. The Kier molecular flexibility index (Phi) is 7.87. The standard InChI is InChI=1S/C21H27NO7S/c1-21(19(23)24,30(3,26)27)14-18-15-22(20(25)29-18)17-11-9-16(10-12-17)8-6-4-5-7-13-28-2/h9-12,18H,4-5,7,13-15H2,1-3H3,(H,23,24). The van der Waals surface area contributed by atoms with Crippen molar-refractivity contribution in [3.63, 3.8) is 0 Å². The lowest BCUT2D eigenvalue weighted by Crippen LogP contribution is -2.46. The molecule has 0 spiro atoms. The van der Waals surface area contributed by atoms with Crippen molar-refractivity contribution in [2.75, 3.05) is 31.4 Å². The number of carboxylic acids is 1. The first-order chi connectivity index (χ1) is 14.1. The van der Waals surface area contributed by atoms with E-state index in [0.717, 1.165) is 44.6 Å². The number of ether oxygens (including phenoxy) is 2. The zero-order valence-electron chi connectivity index (χ0n) is 17.4. The fourth-order valence-electron chi connectivity index (χ4n) is 3.02. The monoisotopic (exact) mass is 437 g/mol. The van der Waals surface area contributed by atoms with E-state index in [0.29, 0.717) is 5.69 Å². The third-order valence-corrected chi connectivity index (χ3v) is 7.05. The smallest absolute Gasteiger partial charge is 0.414 e. The van der Waals surface area contributed by atoms with Gasteiger partial charge in [0.1, 0.15) is 6.10 Å². The van der Waals surface area contributed by atoms with Crippen LogP contribution in [-0.4, -0.2) is 63.0 Å². The summed E-state index contributed by atoms with van der Waals surface area (Å²) in [5, 5.41) is 9.39. The van der Waals surface area contributed by atoms with Gasteiger partial charge in [0.25, 0.3) is 0 Å². The molecule has 164 valence electrons. The predicted octanol–water partition coefficient (Wildman–Crippen LogP) is 2.46. The van der Waals surface area contributed by atoms with Crippen LogP contribution in [0.15, 0.2) is 24.3 Å². The molecule has 2 atom stereocenters. The van der Waals surface area contributed by atoms with Crippen LogP contribution in [-0.2, 0) is 24.1 Å². The minimum atomic E-state index is -3.90. The van der Waals surface area contributed by atoms with Crippen molar-refractivity contribution >= 4 is 27.6 Å². The molecule has 1 N–H and O–H groups in total. The fraction of sp³-hybridized carbons (Fsp3) is 0.524. The SMILES string of the molecule is COCCCCC#Cc1ccc(N2CC(CC(C)(C(=O)O)S(C)(=O)=O)OC2=O)cc1. The van der Waals surface area contributed by atoms with E-state index in [1.807, 2.05) is 0 Å². The maximum Gasteiger partial charge on any atom is 0.414 e. The average Bonchev–Trinajstić information content (AvgIpc) is 3.04. The second-order valence-electron chi connectivity index (χ2n) is 7.43. The van der Waals surface area contributed by atoms with Crippen molar-refractivity contribution in [1.29, 1.82) is 0 Å². The van der Waals surface area contributed by atoms with Gasteiger partial charge in [-0.15, -0.1) is 0 Å². The minimum absolute atomic E-state index is 0.0712. The van der Waals surface area contributed by atoms with Crippen LogP contribution in [0.2, 0.25) is 0 Å². The number of carbonyl (C=O) groups excluding carboxylic acids is 1. The molecule has 0 bridgehead atoms. The van der Waals surface area contributed by atoms with E-state index in [1.165, 1.54) is 4.90 Å². The van der Waals surface area contributed by atoms with Gasteiger partial charge in [0.05, 0.1) is 6.54 Å². The highest BCUT2D eigenvalue weighted by atomic mass is 32.2. The minimum Gasteiger partial charge on any atom is -0.480 e. The number of benzene rings is 1. The number of hydrogen-bond donors (Lipinski definition) is 1. The van der Waals surface area contributed by atoms with Crippen LogP contribution in [0.4, 0.5) is 10.5 Å². The Bertz CT molecular complexity index is 930. The third kappa shape index (κ3) is 5.74. The maximum absolute atomic E-state index is 12.2. The Balaban J connectivity index is 2.02. The summed E-state index contributed by atoms with van der Waals surface area (Å²) in [6, 6.07) is 7.03. The summed E-state index contributed by atoms with van der Waals surface area (Å²) < 4.78 is 32.1. The molecule has 1 heterocycles. The first kappa shape index (κ1) is 23.7. The lowest BCUT2D eigenvalue weighted by Gasteiger charge is -2.24. The Hall–Kier alpha value is -2.57. The lowest BCUT2D eigenvalue weighted by atomic mass is 10.0. The van der Waals surface area contributed by atoms with Gasteiger partial charge in [-0.1, -0.05) is 11.8 Å². The molecule has 0 aliphatic carbocycles. The number of carboxylic acid groups (broad SMARTS) is 1. The fourth-order valence-corrected chi connectivity index (χ4v) is 3.83. The predicted molar refractivity (Wildman–Crippen MR) is 112 cm³/mol. The largest absolute Gasteiger partial charge is 0.480 e. The number of nitrogens with zero attached hydrogens (tertiary/aromatic N) is 1. The van der Waals surface area contributed by atoms with Crippen LogP contribution in [0.1, 0.15) is 38.2 Å². The number of amides is 1. The van der Waals surface area contributed by atoms with Crippen LogP contribution in [0, 0.1) is 11.8 Å². The quantitative estimate of drug-likeness (QED) is 0.467. The third-order valence-electron chi connectivity index (χ3n) is 5.07. The summed E-state index contributed by atoms with van der Waals surface area (Å²) in [5.41, 5.74) is 1.38. The van der Waals surface area contributed by atoms with Crippen molar-refractivity contribution in [3.05, 3.63) is 29.8 Å². The van der Waals surface area contributed by atoms with Crippen LogP contribution in [0.25, 0.3) is 0 Å². The molecule has 1 saturated heterocycles. The Morgan fingerprint density at radius 3 is 2.57 bits per heavy atom. The van der Waals surface area contributed by atoms with E-state index in [2.05, 4.69) is 11.8 Å². The summed E-state index contributed by atoms with van der Waals surface area (Å²) in [4.78, 5) is 25.1. The molecule has 1 aliphatic heterocycles. The number of cyclic esters (lactones) is 1. The number of sulfone groups is 1. The molecule has 30 heavy (non-hydrogen) atoms. The van der Waals surface area contributed by atoms with Crippen LogP contribution in [0.3, 0.4) is 0 Å². The van der Waals surface area contributed by atoms with Crippen molar-refractivity contribution < 1.29 is 32.6 Å². The molecule has 0 saturated carbocycles. The second kappa shape index (κ2) is 9.96. The molecule has 2 rings (SSSR count). The molecule has 2 unspecified atom stereocenters. The topological polar surface area (TPSA) is 110 Å². The second-order valence-corrected chi connectivity index (χ2v) is 9.87. The molecule has 0 aromatic heterocycles. The summed E-state index contributed by atoms with van der Waals surface area (Å²) in [5.74, 6) is 4.69. The normalized spacial score (nSPS) is 18.3. The van der Waals surface area contributed by atoms with E-state index in [4.69, 9.17) is 9.47 Å².